The van der Waals surface area contributed by atoms with E-state index in [-0.39, 0.29) is 18.1 Å². The Morgan fingerprint density at radius 2 is 2.33 bits per heavy atom. The van der Waals surface area contributed by atoms with E-state index in [0.717, 1.165) is 6.42 Å². The van der Waals surface area contributed by atoms with Crippen molar-refractivity contribution in [2.24, 2.45) is 0 Å². The molecule has 1 amide bonds. The number of piperidine rings is 1. The van der Waals surface area contributed by atoms with Gasteiger partial charge in [-0.05, 0) is 18.6 Å². The highest BCUT2D eigenvalue weighted by Gasteiger charge is 2.40. The van der Waals surface area contributed by atoms with Gasteiger partial charge in [-0.15, -0.1) is 10.2 Å². The Labute approximate surface area is 109 Å². The minimum atomic E-state index is -0.317. The molecule has 96 valence electrons. The Kier molecular flexibility index (Phi) is 3.05. The van der Waals surface area contributed by atoms with Crippen molar-refractivity contribution in [2.45, 2.75) is 18.6 Å². The van der Waals surface area contributed by atoms with Crippen LogP contribution in [-0.2, 0) is 9.53 Å². The van der Waals surface area contributed by atoms with Gasteiger partial charge in [0.15, 0.2) is 11.0 Å². The summed E-state index contributed by atoms with van der Waals surface area (Å²) in [5.41, 5.74) is 0. The molecule has 1 N–H and O–H groups in total. The first-order chi connectivity index (χ1) is 8.75. The van der Waals surface area contributed by atoms with Crippen LogP contribution in [0.3, 0.4) is 0 Å². The third-order valence-electron chi connectivity index (χ3n) is 3.26. The Balaban J connectivity index is 1.89. The van der Waals surface area contributed by atoms with Crippen molar-refractivity contribution in [3.8, 4) is 0 Å². The second kappa shape index (κ2) is 4.70. The third kappa shape index (κ3) is 2.02. The number of carbonyl (C=O) groups excluding carboxylic acids is 1. The van der Waals surface area contributed by atoms with Crippen LogP contribution < -0.4 is 10.2 Å². The van der Waals surface area contributed by atoms with E-state index in [4.69, 9.17) is 16.3 Å². The van der Waals surface area contributed by atoms with Crippen molar-refractivity contribution in [2.75, 3.05) is 24.6 Å². The number of ether oxygens (including phenoxy) is 1. The van der Waals surface area contributed by atoms with E-state index in [9.17, 15) is 4.79 Å². The van der Waals surface area contributed by atoms with E-state index < -0.39 is 0 Å². The molecule has 18 heavy (non-hydrogen) atoms. The second-order valence-electron chi connectivity index (χ2n) is 4.34. The Morgan fingerprint density at radius 3 is 3.11 bits per heavy atom. The van der Waals surface area contributed by atoms with E-state index in [2.05, 4.69) is 15.5 Å². The van der Waals surface area contributed by atoms with Crippen LogP contribution in [0, 0.1) is 0 Å². The average Bonchev–Trinajstić information content (AvgIpc) is 2.39. The highest BCUT2D eigenvalue weighted by atomic mass is 35.5. The summed E-state index contributed by atoms with van der Waals surface area (Å²) >= 11 is 5.72. The molecule has 0 bridgehead atoms. The molecule has 1 aromatic rings. The molecule has 6 nitrogen and oxygen atoms in total. The zero-order valence-corrected chi connectivity index (χ0v) is 10.4. The first-order valence-corrected chi connectivity index (χ1v) is 6.29. The van der Waals surface area contributed by atoms with Gasteiger partial charge < -0.3 is 15.0 Å². The summed E-state index contributed by atoms with van der Waals surface area (Å²) in [6, 6.07) is 3.14. The zero-order chi connectivity index (χ0) is 12.5. The molecule has 0 spiro atoms. The number of nitrogens with one attached hydrogen (secondary N) is 1. The molecule has 7 heteroatoms. The topological polar surface area (TPSA) is 67.3 Å². The fourth-order valence-corrected chi connectivity index (χ4v) is 2.55. The molecule has 3 rings (SSSR count). The van der Waals surface area contributed by atoms with Crippen molar-refractivity contribution in [1.82, 2.24) is 15.5 Å². The SMILES string of the molecule is O=C1NCC[C@H]2OCCN(c3ccc(Cl)nn3)[C@@H]12. The standard InChI is InChI=1S/C11H13ClN4O2/c12-8-1-2-9(15-14-8)16-5-6-18-7-3-4-13-11(17)10(7)16/h1-2,7,10H,3-6H2,(H,13,17)/t7-,10-/m1/s1. The lowest BCUT2D eigenvalue weighted by Crippen LogP contribution is -2.62. The Hall–Kier alpha value is -1.40. The maximum atomic E-state index is 12.0. The predicted octanol–water partition coefficient (Wildman–Crippen LogP) is 0.224. The quantitative estimate of drug-likeness (QED) is 0.789. The summed E-state index contributed by atoms with van der Waals surface area (Å²) < 4.78 is 5.65. The van der Waals surface area contributed by atoms with E-state index in [0.29, 0.717) is 30.7 Å². The van der Waals surface area contributed by atoms with Crippen molar-refractivity contribution in [1.29, 1.82) is 0 Å². The normalized spacial score (nSPS) is 27.6. The smallest absolute Gasteiger partial charge is 0.245 e. The number of hydrogen-bond acceptors (Lipinski definition) is 5. The van der Waals surface area contributed by atoms with E-state index in [1.807, 2.05) is 4.90 Å². The van der Waals surface area contributed by atoms with Gasteiger partial charge in [0.2, 0.25) is 5.91 Å². The average molecular weight is 269 g/mol. The molecular formula is C11H13ClN4O2. The molecule has 0 unspecified atom stereocenters. The molecule has 2 atom stereocenters. The van der Waals surface area contributed by atoms with Gasteiger partial charge in [-0.1, -0.05) is 11.6 Å². The minimum Gasteiger partial charge on any atom is -0.374 e. The molecule has 3 heterocycles. The van der Waals surface area contributed by atoms with Gasteiger partial charge in [-0.3, -0.25) is 4.79 Å². The second-order valence-corrected chi connectivity index (χ2v) is 4.73. The predicted molar refractivity (Wildman–Crippen MR) is 65.5 cm³/mol. The number of nitrogens with zero attached hydrogens (tertiary/aromatic N) is 3. The maximum Gasteiger partial charge on any atom is 0.245 e. The van der Waals surface area contributed by atoms with Crippen molar-refractivity contribution < 1.29 is 9.53 Å². The molecule has 2 fully saturated rings. The number of anilines is 1. The molecule has 0 saturated carbocycles. The molecule has 0 aliphatic carbocycles. The van der Waals surface area contributed by atoms with Crippen molar-refractivity contribution >= 4 is 23.3 Å². The first kappa shape index (κ1) is 11.7. The van der Waals surface area contributed by atoms with Crippen LogP contribution in [0.2, 0.25) is 5.15 Å². The number of carbonyl (C=O) groups is 1. The summed E-state index contributed by atoms with van der Waals surface area (Å²) in [5, 5.41) is 11.1. The van der Waals surface area contributed by atoms with Gasteiger partial charge in [-0.25, -0.2) is 0 Å². The lowest BCUT2D eigenvalue weighted by atomic mass is 9.99. The lowest BCUT2D eigenvalue weighted by molar-refractivity contribution is -0.131. The summed E-state index contributed by atoms with van der Waals surface area (Å²) in [6.45, 7) is 1.89. The molecule has 0 aromatic carbocycles. The van der Waals surface area contributed by atoms with E-state index in [1.54, 1.807) is 12.1 Å². The summed E-state index contributed by atoms with van der Waals surface area (Å²) in [6.07, 6.45) is 0.762. The van der Waals surface area contributed by atoms with Gasteiger partial charge in [0, 0.05) is 13.1 Å². The van der Waals surface area contributed by atoms with E-state index in [1.165, 1.54) is 0 Å². The lowest BCUT2D eigenvalue weighted by Gasteiger charge is -2.42. The Morgan fingerprint density at radius 1 is 1.44 bits per heavy atom. The molecule has 2 aliphatic heterocycles. The fraction of sp³-hybridized carbons (Fsp3) is 0.545. The van der Waals surface area contributed by atoms with Crippen molar-refractivity contribution in [3.63, 3.8) is 0 Å². The van der Waals surface area contributed by atoms with Crippen LogP contribution in [0.25, 0.3) is 0 Å². The van der Waals surface area contributed by atoms with Gasteiger partial charge in [0.25, 0.3) is 0 Å². The number of halogens is 1. The molecule has 2 saturated heterocycles. The third-order valence-corrected chi connectivity index (χ3v) is 3.46. The summed E-state index contributed by atoms with van der Waals surface area (Å²) in [5.74, 6) is 0.650. The Bertz CT molecular complexity index is 451. The highest BCUT2D eigenvalue weighted by molar-refractivity contribution is 6.29. The summed E-state index contributed by atoms with van der Waals surface area (Å²) in [7, 11) is 0. The molecular weight excluding hydrogens is 256 g/mol. The van der Waals surface area contributed by atoms with Crippen molar-refractivity contribution in [3.05, 3.63) is 17.3 Å². The number of hydrogen-bond donors (Lipinski definition) is 1. The van der Waals surface area contributed by atoms with E-state index >= 15 is 0 Å². The number of aromatic nitrogens is 2. The van der Waals surface area contributed by atoms with Crippen LogP contribution in [-0.4, -0.2) is 47.9 Å². The fourth-order valence-electron chi connectivity index (χ4n) is 2.45. The molecule has 2 aliphatic rings. The monoisotopic (exact) mass is 268 g/mol. The van der Waals surface area contributed by atoms with Gasteiger partial charge >= 0.3 is 0 Å². The van der Waals surface area contributed by atoms with Crippen LogP contribution >= 0.6 is 11.6 Å². The number of fused-ring (bicyclic) bond motifs is 1. The van der Waals surface area contributed by atoms with Gasteiger partial charge in [-0.2, -0.15) is 0 Å². The van der Waals surface area contributed by atoms with Gasteiger partial charge in [0.1, 0.15) is 6.04 Å². The highest BCUT2D eigenvalue weighted by Crippen LogP contribution is 2.24. The van der Waals surface area contributed by atoms with Crippen LogP contribution in [0.5, 0.6) is 0 Å². The number of amides is 1. The first-order valence-electron chi connectivity index (χ1n) is 5.91. The van der Waals surface area contributed by atoms with Crippen LogP contribution in [0.15, 0.2) is 12.1 Å². The van der Waals surface area contributed by atoms with Gasteiger partial charge in [0.05, 0.1) is 12.7 Å². The maximum absolute atomic E-state index is 12.0. The molecule has 0 radical (unpaired) electrons. The van der Waals surface area contributed by atoms with Crippen LogP contribution in [0.4, 0.5) is 5.82 Å². The number of rotatable bonds is 1. The molecule has 1 aromatic heterocycles. The number of morpholine rings is 1. The minimum absolute atomic E-state index is 0.0114. The zero-order valence-electron chi connectivity index (χ0n) is 9.67. The summed E-state index contributed by atoms with van der Waals surface area (Å²) in [4.78, 5) is 13.9. The largest absolute Gasteiger partial charge is 0.374 e. The van der Waals surface area contributed by atoms with Crippen LogP contribution in [0.1, 0.15) is 6.42 Å².